The molecule has 0 amide bonds. The Hall–Kier alpha value is -3.36. The Morgan fingerprint density at radius 2 is 1.19 bits per heavy atom. The SMILES string of the molecule is COc1ccc(CCCCC(c2ccccc2)C(NCCCc2ccc(C)cc2)c2ccccc2)cc1. The van der Waals surface area contributed by atoms with E-state index in [1.807, 2.05) is 0 Å². The van der Waals surface area contributed by atoms with Crippen LogP contribution < -0.4 is 10.1 Å². The van der Waals surface area contributed by atoms with Gasteiger partial charge in [0.25, 0.3) is 0 Å². The molecule has 0 saturated carbocycles. The summed E-state index contributed by atoms with van der Waals surface area (Å²) in [5, 5.41) is 3.97. The average Bonchev–Trinajstić information content (AvgIpc) is 2.96. The van der Waals surface area contributed by atoms with Gasteiger partial charge in [0.2, 0.25) is 0 Å². The second-order valence-electron chi connectivity index (χ2n) is 10.0. The maximum Gasteiger partial charge on any atom is 0.118 e. The van der Waals surface area contributed by atoms with Crippen molar-refractivity contribution in [1.29, 1.82) is 0 Å². The summed E-state index contributed by atoms with van der Waals surface area (Å²) in [6.07, 6.45) is 6.87. The molecule has 0 aliphatic carbocycles. The van der Waals surface area contributed by atoms with Crippen molar-refractivity contribution in [3.63, 3.8) is 0 Å². The molecule has 37 heavy (non-hydrogen) atoms. The first-order valence-electron chi connectivity index (χ1n) is 13.7. The van der Waals surface area contributed by atoms with Gasteiger partial charge in [0.05, 0.1) is 7.11 Å². The van der Waals surface area contributed by atoms with Crippen molar-refractivity contribution < 1.29 is 4.74 Å². The van der Waals surface area contributed by atoms with Gasteiger partial charge in [-0.1, -0.05) is 109 Å². The Morgan fingerprint density at radius 3 is 1.81 bits per heavy atom. The zero-order valence-electron chi connectivity index (χ0n) is 22.4. The Balaban J connectivity index is 1.42. The van der Waals surface area contributed by atoms with Gasteiger partial charge in [-0.05, 0) is 80.0 Å². The summed E-state index contributed by atoms with van der Waals surface area (Å²) in [4.78, 5) is 0. The quantitative estimate of drug-likeness (QED) is 0.179. The molecule has 192 valence electrons. The fourth-order valence-electron chi connectivity index (χ4n) is 5.17. The lowest BCUT2D eigenvalue weighted by molar-refractivity contribution is 0.410. The summed E-state index contributed by atoms with van der Waals surface area (Å²) in [6, 6.07) is 39.9. The number of unbranched alkanes of at least 4 members (excludes halogenated alkanes) is 1. The molecular formula is C35H41NO. The Bertz CT molecular complexity index is 1150. The van der Waals surface area contributed by atoms with E-state index in [-0.39, 0.29) is 0 Å². The van der Waals surface area contributed by atoms with Crippen molar-refractivity contribution in [3.05, 3.63) is 137 Å². The molecule has 0 aromatic heterocycles. The normalized spacial score (nSPS) is 12.7. The first-order valence-corrected chi connectivity index (χ1v) is 13.7. The molecule has 2 nitrogen and oxygen atoms in total. The van der Waals surface area contributed by atoms with Gasteiger partial charge in [-0.3, -0.25) is 0 Å². The molecule has 0 bridgehead atoms. The van der Waals surface area contributed by atoms with E-state index < -0.39 is 0 Å². The highest BCUT2D eigenvalue weighted by Gasteiger charge is 2.24. The van der Waals surface area contributed by atoms with E-state index in [0.29, 0.717) is 12.0 Å². The number of aryl methyl sites for hydroxylation is 3. The van der Waals surface area contributed by atoms with Crippen molar-refractivity contribution in [2.45, 2.75) is 57.4 Å². The van der Waals surface area contributed by atoms with Gasteiger partial charge >= 0.3 is 0 Å². The molecular weight excluding hydrogens is 450 g/mol. The predicted octanol–water partition coefficient (Wildman–Crippen LogP) is 8.46. The number of hydrogen-bond acceptors (Lipinski definition) is 2. The van der Waals surface area contributed by atoms with Gasteiger partial charge in [0, 0.05) is 12.0 Å². The Kier molecular flexibility index (Phi) is 10.4. The van der Waals surface area contributed by atoms with Gasteiger partial charge in [-0.2, -0.15) is 0 Å². The first-order chi connectivity index (χ1) is 18.2. The van der Waals surface area contributed by atoms with Crippen LogP contribution in [0.5, 0.6) is 5.75 Å². The highest BCUT2D eigenvalue weighted by atomic mass is 16.5. The van der Waals surface area contributed by atoms with Crippen molar-refractivity contribution in [2.75, 3.05) is 13.7 Å². The number of hydrogen-bond donors (Lipinski definition) is 1. The fraction of sp³-hybridized carbons (Fsp3) is 0.314. The Labute approximate surface area is 223 Å². The smallest absolute Gasteiger partial charge is 0.118 e. The molecule has 0 aliphatic heterocycles. The minimum Gasteiger partial charge on any atom is -0.497 e. The second kappa shape index (κ2) is 14.4. The molecule has 0 spiro atoms. The van der Waals surface area contributed by atoms with Crippen molar-refractivity contribution in [2.24, 2.45) is 0 Å². The number of benzene rings is 4. The topological polar surface area (TPSA) is 21.3 Å². The summed E-state index contributed by atoms with van der Waals surface area (Å²) in [6.45, 7) is 3.15. The zero-order chi connectivity index (χ0) is 25.7. The maximum atomic E-state index is 5.31. The third kappa shape index (κ3) is 8.33. The average molecular weight is 492 g/mol. The van der Waals surface area contributed by atoms with Crippen LogP contribution in [0.1, 0.15) is 65.5 Å². The number of methoxy groups -OCH3 is 1. The largest absolute Gasteiger partial charge is 0.497 e. The van der Waals surface area contributed by atoms with Crippen LogP contribution in [0, 0.1) is 6.92 Å². The molecule has 2 atom stereocenters. The molecule has 0 aliphatic rings. The van der Waals surface area contributed by atoms with Gasteiger partial charge in [-0.25, -0.2) is 0 Å². The van der Waals surface area contributed by atoms with Crippen LogP contribution in [0.3, 0.4) is 0 Å². The predicted molar refractivity (Wildman–Crippen MR) is 156 cm³/mol. The van der Waals surface area contributed by atoms with Crippen LogP contribution in [-0.4, -0.2) is 13.7 Å². The molecule has 0 radical (unpaired) electrons. The van der Waals surface area contributed by atoms with Crippen LogP contribution in [0.25, 0.3) is 0 Å². The maximum absolute atomic E-state index is 5.31. The van der Waals surface area contributed by atoms with E-state index in [1.165, 1.54) is 40.7 Å². The molecule has 2 unspecified atom stereocenters. The van der Waals surface area contributed by atoms with Gasteiger partial charge < -0.3 is 10.1 Å². The number of ether oxygens (including phenoxy) is 1. The summed E-state index contributed by atoms with van der Waals surface area (Å²) in [5.74, 6) is 1.35. The van der Waals surface area contributed by atoms with Crippen molar-refractivity contribution in [1.82, 2.24) is 5.32 Å². The van der Waals surface area contributed by atoms with E-state index in [0.717, 1.165) is 38.0 Å². The number of rotatable bonds is 14. The summed E-state index contributed by atoms with van der Waals surface area (Å²) < 4.78 is 5.31. The monoisotopic (exact) mass is 491 g/mol. The molecule has 4 aromatic rings. The highest BCUT2D eigenvalue weighted by molar-refractivity contribution is 5.29. The van der Waals surface area contributed by atoms with E-state index in [1.54, 1.807) is 7.11 Å². The molecule has 0 heterocycles. The van der Waals surface area contributed by atoms with Crippen molar-refractivity contribution >= 4 is 0 Å². The van der Waals surface area contributed by atoms with E-state index in [2.05, 4.69) is 121 Å². The van der Waals surface area contributed by atoms with Crippen LogP contribution >= 0.6 is 0 Å². The van der Waals surface area contributed by atoms with E-state index in [4.69, 9.17) is 4.74 Å². The lowest BCUT2D eigenvalue weighted by atomic mass is 9.83. The first kappa shape index (κ1) is 26.7. The highest BCUT2D eigenvalue weighted by Crippen LogP contribution is 2.35. The lowest BCUT2D eigenvalue weighted by Gasteiger charge is -2.30. The fourth-order valence-corrected chi connectivity index (χ4v) is 5.17. The van der Waals surface area contributed by atoms with E-state index in [9.17, 15) is 0 Å². The third-order valence-electron chi connectivity index (χ3n) is 7.31. The molecule has 4 aromatic carbocycles. The Morgan fingerprint density at radius 1 is 0.622 bits per heavy atom. The van der Waals surface area contributed by atoms with Gasteiger partial charge in [-0.15, -0.1) is 0 Å². The van der Waals surface area contributed by atoms with E-state index >= 15 is 0 Å². The summed E-state index contributed by atoms with van der Waals surface area (Å²) in [7, 11) is 1.72. The van der Waals surface area contributed by atoms with Crippen LogP contribution in [0.4, 0.5) is 0 Å². The van der Waals surface area contributed by atoms with Crippen LogP contribution in [-0.2, 0) is 12.8 Å². The zero-order valence-corrected chi connectivity index (χ0v) is 22.4. The minimum absolute atomic E-state index is 0.294. The van der Waals surface area contributed by atoms with Crippen LogP contribution in [0.15, 0.2) is 109 Å². The van der Waals surface area contributed by atoms with Crippen molar-refractivity contribution in [3.8, 4) is 5.75 Å². The standard InChI is InChI=1S/C35H41NO/c1-28-19-21-30(22-20-28)13-11-27-36-35(32-16-7-4-8-17-32)34(31-14-5-3-6-15-31)18-10-9-12-29-23-25-33(37-2)26-24-29/h3-8,14-17,19-26,34-36H,9-13,18,27H2,1-2H3. The molecule has 0 fully saturated rings. The molecule has 2 heteroatoms. The lowest BCUT2D eigenvalue weighted by Crippen LogP contribution is -2.28. The summed E-state index contributed by atoms with van der Waals surface area (Å²) >= 11 is 0. The van der Waals surface area contributed by atoms with Crippen LogP contribution in [0.2, 0.25) is 0 Å². The molecule has 1 N–H and O–H groups in total. The van der Waals surface area contributed by atoms with Gasteiger partial charge in [0.15, 0.2) is 0 Å². The third-order valence-corrected chi connectivity index (χ3v) is 7.31. The second-order valence-corrected chi connectivity index (χ2v) is 10.0. The molecule has 4 rings (SSSR count). The minimum atomic E-state index is 0.294. The number of nitrogens with one attached hydrogen (secondary N) is 1. The summed E-state index contributed by atoms with van der Waals surface area (Å²) in [5.41, 5.74) is 6.92. The van der Waals surface area contributed by atoms with Gasteiger partial charge in [0.1, 0.15) is 5.75 Å². The molecule has 0 saturated heterocycles.